The van der Waals surface area contributed by atoms with Crippen LogP contribution in [0.25, 0.3) is 16.2 Å². The van der Waals surface area contributed by atoms with E-state index in [0.29, 0.717) is 47.9 Å². The minimum Gasteiger partial charge on any atom is -0.496 e. The molecule has 1 aromatic carbocycles. The summed E-state index contributed by atoms with van der Waals surface area (Å²) in [5.41, 5.74) is 0.0608. The van der Waals surface area contributed by atoms with E-state index in [1.165, 1.54) is 30.6 Å². The number of rotatable bonds is 5. The van der Waals surface area contributed by atoms with Gasteiger partial charge >= 0.3 is 6.09 Å². The molecule has 33 heavy (non-hydrogen) atoms. The molecular weight excluding hydrogens is 449 g/mol. The van der Waals surface area contributed by atoms with Crippen LogP contribution in [-0.4, -0.2) is 63.7 Å². The zero-order valence-electron chi connectivity index (χ0n) is 19.1. The van der Waals surface area contributed by atoms with Gasteiger partial charge in [-0.2, -0.15) is 0 Å². The molecule has 2 aromatic heterocycles. The lowest BCUT2D eigenvalue weighted by atomic mass is 9.88. The fraction of sp³-hybridized carbons (Fsp3) is 0.500. The number of imidazole rings is 1. The van der Waals surface area contributed by atoms with E-state index in [1.54, 1.807) is 37.5 Å². The quantitative estimate of drug-likeness (QED) is 0.580. The number of aromatic nitrogens is 3. The van der Waals surface area contributed by atoms with Gasteiger partial charge < -0.3 is 24.8 Å². The third-order valence-electron chi connectivity index (χ3n) is 5.57. The summed E-state index contributed by atoms with van der Waals surface area (Å²) in [7, 11) is 1.50. The number of aliphatic hydroxyl groups is 1. The molecule has 1 saturated heterocycles. The second-order valence-corrected chi connectivity index (χ2v) is 10.1. The molecule has 0 atom stereocenters. The molecule has 3 aromatic rings. The lowest BCUT2D eigenvalue weighted by Crippen LogP contribution is -2.58. The summed E-state index contributed by atoms with van der Waals surface area (Å²) in [5, 5.41) is 18.4. The highest BCUT2D eigenvalue weighted by Crippen LogP contribution is 2.35. The van der Waals surface area contributed by atoms with E-state index in [4.69, 9.17) is 14.6 Å². The molecule has 0 saturated carbocycles. The van der Waals surface area contributed by atoms with Crippen LogP contribution in [0.1, 0.15) is 33.6 Å². The summed E-state index contributed by atoms with van der Waals surface area (Å²) in [6.45, 7) is 6.43. The summed E-state index contributed by atoms with van der Waals surface area (Å²) in [5.74, 6) is 0.0290. The van der Waals surface area contributed by atoms with Gasteiger partial charge in [-0.1, -0.05) is 11.3 Å². The number of hydrogen-bond donors (Lipinski definition) is 2. The smallest absolute Gasteiger partial charge is 0.408 e. The fourth-order valence-electron chi connectivity index (χ4n) is 3.84. The maximum Gasteiger partial charge on any atom is 0.408 e. The van der Waals surface area contributed by atoms with Crippen molar-refractivity contribution in [2.24, 2.45) is 0 Å². The van der Waals surface area contributed by atoms with E-state index in [9.17, 15) is 14.3 Å². The predicted molar refractivity (Wildman–Crippen MR) is 123 cm³/mol. The zero-order valence-corrected chi connectivity index (χ0v) is 19.9. The summed E-state index contributed by atoms with van der Waals surface area (Å²) in [4.78, 5) is 19.5. The second-order valence-electron chi connectivity index (χ2n) is 9.12. The van der Waals surface area contributed by atoms with Crippen LogP contribution in [0.15, 0.2) is 24.4 Å². The third kappa shape index (κ3) is 4.88. The van der Waals surface area contributed by atoms with Gasteiger partial charge in [0.05, 0.1) is 31.1 Å². The van der Waals surface area contributed by atoms with E-state index in [0.717, 1.165) is 5.13 Å². The van der Waals surface area contributed by atoms with Crippen molar-refractivity contribution < 1.29 is 23.8 Å². The molecule has 9 nitrogen and oxygen atoms in total. The number of nitrogens with zero attached hydrogens (tertiary/aromatic N) is 4. The number of aliphatic hydroxyl groups excluding tert-OH is 1. The molecule has 1 aliphatic rings. The van der Waals surface area contributed by atoms with Crippen LogP contribution < -0.4 is 15.0 Å². The molecular formula is C22H28FN5O4S. The van der Waals surface area contributed by atoms with Gasteiger partial charge in [-0.05, 0) is 45.7 Å². The van der Waals surface area contributed by atoms with Gasteiger partial charge in [-0.15, -0.1) is 5.10 Å². The van der Waals surface area contributed by atoms with Gasteiger partial charge in [-0.25, -0.2) is 18.7 Å². The molecule has 1 amide bonds. The number of nitrogens with one attached hydrogen (secondary N) is 1. The lowest BCUT2D eigenvalue weighted by Gasteiger charge is -2.41. The van der Waals surface area contributed by atoms with E-state index >= 15 is 0 Å². The summed E-state index contributed by atoms with van der Waals surface area (Å²) >= 11 is 1.44. The van der Waals surface area contributed by atoms with E-state index in [-0.39, 0.29) is 12.4 Å². The predicted octanol–water partition coefficient (Wildman–Crippen LogP) is 3.46. The number of amides is 1. The zero-order chi connectivity index (χ0) is 23.8. The highest BCUT2D eigenvalue weighted by molar-refractivity contribution is 7.20. The summed E-state index contributed by atoms with van der Waals surface area (Å²) < 4.78 is 26.0. The monoisotopic (exact) mass is 477 g/mol. The van der Waals surface area contributed by atoms with Crippen molar-refractivity contribution in [3.63, 3.8) is 0 Å². The molecule has 178 valence electrons. The Morgan fingerprint density at radius 1 is 1.33 bits per heavy atom. The minimum absolute atomic E-state index is 0.171. The number of hydrogen-bond acceptors (Lipinski definition) is 8. The highest BCUT2D eigenvalue weighted by atomic mass is 32.1. The van der Waals surface area contributed by atoms with Crippen LogP contribution in [-0.2, 0) is 4.74 Å². The van der Waals surface area contributed by atoms with Crippen molar-refractivity contribution in [3.8, 4) is 17.0 Å². The van der Waals surface area contributed by atoms with Gasteiger partial charge in [0.25, 0.3) is 0 Å². The molecule has 0 aliphatic carbocycles. The Kier molecular flexibility index (Phi) is 6.19. The summed E-state index contributed by atoms with van der Waals surface area (Å²) in [6, 6.07) is 4.36. The Balaban J connectivity index is 1.51. The molecule has 2 N–H and O–H groups in total. The Morgan fingerprint density at radius 2 is 2.06 bits per heavy atom. The van der Waals surface area contributed by atoms with Crippen LogP contribution >= 0.6 is 11.3 Å². The Labute approximate surface area is 195 Å². The first kappa shape index (κ1) is 23.2. The van der Waals surface area contributed by atoms with Crippen molar-refractivity contribution in [3.05, 3.63) is 30.2 Å². The van der Waals surface area contributed by atoms with Gasteiger partial charge in [0.2, 0.25) is 10.1 Å². The average Bonchev–Trinajstić information content (AvgIpc) is 3.34. The first-order valence-electron chi connectivity index (χ1n) is 10.7. The standard InChI is InChI=1S/C22H28FN5O4S/c1-21(2,3)32-20(30)25-22(13-29)7-9-27(10-8-22)19-26-28-16(12-24-18(28)33-19)15-6-5-14(23)11-17(15)31-4/h5-6,11-12,29H,7-10,13H2,1-4H3,(H,25,30). The van der Waals surface area contributed by atoms with E-state index in [1.807, 2.05) is 0 Å². The lowest BCUT2D eigenvalue weighted by molar-refractivity contribution is 0.0364. The molecule has 0 radical (unpaired) electrons. The first-order valence-corrected chi connectivity index (χ1v) is 11.5. The normalized spacial score (nSPS) is 16.1. The number of carbonyl (C=O) groups is 1. The van der Waals surface area contributed by atoms with Gasteiger partial charge in [0.15, 0.2) is 0 Å². The molecule has 11 heteroatoms. The van der Waals surface area contributed by atoms with Crippen molar-refractivity contribution in [2.75, 3.05) is 31.7 Å². The average molecular weight is 478 g/mol. The number of fused-ring (bicyclic) bond motifs is 1. The van der Waals surface area contributed by atoms with Crippen LogP contribution in [0, 0.1) is 5.82 Å². The highest BCUT2D eigenvalue weighted by Gasteiger charge is 2.37. The van der Waals surface area contributed by atoms with E-state index in [2.05, 4.69) is 15.2 Å². The van der Waals surface area contributed by atoms with Crippen LogP contribution in [0.5, 0.6) is 5.75 Å². The largest absolute Gasteiger partial charge is 0.496 e. The number of anilines is 1. The van der Waals surface area contributed by atoms with Gasteiger partial charge in [0.1, 0.15) is 17.2 Å². The number of alkyl carbamates (subject to hydrolysis) is 1. The molecule has 0 spiro atoms. The molecule has 4 rings (SSSR count). The number of halogens is 1. The topological polar surface area (TPSA) is 101 Å². The van der Waals surface area contributed by atoms with Crippen LogP contribution in [0.2, 0.25) is 0 Å². The summed E-state index contributed by atoms with van der Waals surface area (Å²) in [6.07, 6.45) is 2.25. The molecule has 3 heterocycles. The Hall–Kier alpha value is -2.92. The SMILES string of the molecule is COc1cc(F)ccc1-c1cnc2sc(N3CCC(CO)(NC(=O)OC(C)(C)C)CC3)nn12. The fourth-order valence-corrected chi connectivity index (χ4v) is 4.77. The molecule has 0 bridgehead atoms. The maximum absolute atomic E-state index is 13.6. The second kappa shape index (κ2) is 8.79. The maximum atomic E-state index is 13.6. The number of piperidine rings is 1. The number of ether oxygens (including phenoxy) is 2. The number of carbonyl (C=O) groups excluding carboxylic acids is 1. The molecule has 1 fully saturated rings. The molecule has 0 unspecified atom stereocenters. The van der Waals surface area contributed by atoms with Crippen molar-refractivity contribution in [2.45, 2.75) is 44.8 Å². The van der Waals surface area contributed by atoms with E-state index < -0.39 is 17.2 Å². The Morgan fingerprint density at radius 3 is 2.70 bits per heavy atom. The van der Waals surface area contributed by atoms with Crippen molar-refractivity contribution in [1.82, 2.24) is 19.9 Å². The van der Waals surface area contributed by atoms with Crippen molar-refractivity contribution in [1.29, 1.82) is 0 Å². The van der Waals surface area contributed by atoms with Gasteiger partial charge in [0, 0.05) is 24.7 Å². The third-order valence-corrected chi connectivity index (χ3v) is 6.56. The first-order chi connectivity index (χ1) is 15.6. The number of methoxy groups -OCH3 is 1. The molecule has 1 aliphatic heterocycles. The van der Waals surface area contributed by atoms with Crippen LogP contribution in [0.3, 0.4) is 0 Å². The minimum atomic E-state index is -0.733. The Bertz CT molecular complexity index is 1150. The van der Waals surface area contributed by atoms with Crippen molar-refractivity contribution >= 4 is 27.5 Å². The van der Waals surface area contributed by atoms with Crippen LogP contribution in [0.4, 0.5) is 14.3 Å². The number of benzene rings is 1. The van der Waals surface area contributed by atoms with Gasteiger partial charge in [-0.3, -0.25) is 0 Å².